The predicted octanol–water partition coefficient (Wildman–Crippen LogP) is 3.95. The van der Waals surface area contributed by atoms with E-state index in [-0.39, 0.29) is 29.4 Å². The minimum atomic E-state index is -4.30. The van der Waals surface area contributed by atoms with Gasteiger partial charge in [-0.1, -0.05) is 44.2 Å². The summed E-state index contributed by atoms with van der Waals surface area (Å²) in [7, 11) is -2.78. The molecule has 234 valence electrons. The third-order valence-corrected chi connectivity index (χ3v) is 9.72. The minimum absolute atomic E-state index is 0.0220. The third-order valence-electron chi connectivity index (χ3n) is 7.90. The number of benzene rings is 2. The van der Waals surface area contributed by atoms with Crippen molar-refractivity contribution >= 4 is 16.1 Å². The molecule has 2 fully saturated rings. The molecule has 0 saturated carbocycles. The van der Waals surface area contributed by atoms with Gasteiger partial charge in [0.05, 0.1) is 43.3 Å². The van der Waals surface area contributed by atoms with Gasteiger partial charge in [0.25, 0.3) is 0 Å². The van der Waals surface area contributed by atoms with Crippen LogP contribution in [0, 0.1) is 22.7 Å². The zero-order valence-electron chi connectivity index (χ0n) is 25.1. The number of rotatable bonds is 13. The van der Waals surface area contributed by atoms with E-state index >= 15 is 0 Å². The number of carbonyl (C=O) groups is 1. The Bertz CT molecular complexity index is 1390. The molecule has 2 aliphatic rings. The number of hydrogen-bond acceptors (Lipinski definition) is 9. The van der Waals surface area contributed by atoms with Gasteiger partial charge in [-0.2, -0.15) is 9.57 Å². The van der Waals surface area contributed by atoms with Crippen molar-refractivity contribution < 1.29 is 37.3 Å². The van der Waals surface area contributed by atoms with Gasteiger partial charge >= 0.3 is 6.09 Å². The molecule has 1 unspecified atom stereocenters. The Morgan fingerprint density at radius 1 is 1.23 bits per heavy atom. The molecule has 2 aromatic carbocycles. The molecule has 2 aliphatic heterocycles. The normalized spacial score (nSPS) is 21.6. The average Bonchev–Trinajstić information content (AvgIpc) is 3.59. The van der Waals surface area contributed by atoms with Gasteiger partial charge in [-0.25, -0.2) is 13.2 Å². The quantitative estimate of drug-likeness (QED) is 0.320. The van der Waals surface area contributed by atoms with Crippen LogP contribution in [0.1, 0.15) is 51.2 Å². The molecule has 0 aromatic heterocycles. The van der Waals surface area contributed by atoms with Crippen LogP contribution in [0.4, 0.5) is 4.79 Å². The van der Waals surface area contributed by atoms with Gasteiger partial charge in [0, 0.05) is 13.0 Å². The summed E-state index contributed by atoms with van der Waals surface area (Å²) in [6.45, 7) is 6.00. The summed E-state index contributed by atoms with van der Waals surface area (Å²) in [6, 6.07) is 15.7. The summed E-state index contributed by atoms with van der Waals surface area (Å²) in [4.78, 5) is 13.1. The van der Waals surface area contributed by atoms with Gasteiger partial charge < -0.3 is 29.4 Å². The van der Waals surface area contributed by atoms with Gasteiger partial charge in [0.1, 0.15) is 18.0 Å². The van der Waals surface area contributed by atoms with E-state index < -0.39 is 40.8 Å². The van der Waals surface area contributed by atoms with E-state index in [0.717, 1.165) is 4.31 Å². The fraction of sp³-hybridized carbons (Fsp3) is 0.548. The second-order valence-electron chi connectivity index (χ2n) is 11.8. The van der Waals surface area contributed by atoms with Crippen LogP contribution in [0.5, 0.6) is 5.75 Å². The molecular formula is C31H41N3O8S. The first-order chi connectivity index (χ1) is 20.4. The molecule has 11 nitrogen and oxygen atoms in total. The standard InChI is InChI=1S/C31H41N3O8S/c1-21(35)28(33-30(36)42-27-20-41-29-25(27)13-16-40-29)34(19-22-9-6-5-7-10-22)43(37,38)24-11-12-26(39-4)23(17-24)18-31(2,3)14-8-15-32/h5-7,9-12,17,21,25,27-29,35H,8,13-14,16,18-20H2,1-4H3,(H,33,36)/t21-,25-,27-,28?,29+/m1/s1. The third kappa shape index (κ3) is 8.04. The summed E-state index contributed by atoms with van der Waals surface area (Å²) in [5, 5.41) is 22.5. The summed E-state index contributed by atoms with van der Waals surface area (Å²) in [6.07, 6.45) is -2.33. The number of ether oxygens (including phenoxy) is 4. The number of nitrogens with one attached hydrogen (secondary N) is 1. The number of alkyl carbamates (subject to hydrolysis) is 1. The van der Waals surface area contributed by atoms with Crippen molar-refractivity contribution in [2.24, 2.45) is 11.3 Å². The lowest BCUT2D eigenvalue weighted by Gasteiger charge is -2.33. The minimum Gasteiger partial charge on any atom is -0.496 e. The molecule has 4 rings (SSSR count). The number of nitriles is 1. The summed E-state index contributed by atoms with van der Waals surface area (Å²) in [5.74, 6) is 0.426. The van der Waals surface area contributed by atoms with Gasteiger partial charge in [0.15, 0.2) is 6.29 Å². The molecule has 0 aliphatic carbocycles. The Morgan fingerprint density at radius 3 is 2.65 bits per heavy atom. The Labute approximate surface area is 253 Å². The van der Waals surface area contributed by atoms with Crippen molar-refractivity contribution in [2.75, 3.05) is 20.3 Å². The number of aliphatic hydroxyl groups is 1. The van der Waals surface area contributed by atoms with E-state index in [1.807, 2.05) is 19.9 Å². The predicted molar refractivity (Wildman–Crippen MR) is 157 cm³/mol. The van der Waals surface area contributed by atoms with E-state index in [2.05, 4.69) is 11.4 Å². The highest BCUT2D eigenvalue weighted by atomic mass is 32.2. The number of methoxy groups -OCH3 is 1. The molecule has 43 heavy (non-hydrogen) atoms. The number of hydrogen-bond donors (Lipinski definition) is 2. The Kier molecular flexibility index (Phi) is 10.7. The Hall–Kier alpha value is -3.21. The van der Waals surface area contributed by atoms with Crippen molar-refractivity contribution in [1.29, 1.82) is 5.26 Å². The molecule has 0 bridgehead atoms. The lowest BCUT2D eigenvalue weighted by Crippen LogP contribution is -2.56. The van der Waals surface area contributed by atoms with Crippen molar-refractivity contribution in [2.45, 2.75) is 82.6 Å². The highest BCUT2D eigenvalue weighted by Gasteiger charge is 2.44. The zero-order chi connectivity index (χ0) is 31.2. The van der Waals surface area contributed by atoms with Crippen LogP contribution in [0.25, 0.3) is 0 Å². The van der Waals surface area contributed by atoms with Crippen LogP contribution in [-0.4, -0.2) is 68.9 Å². The smallest absolute Gasteiger partial charge is 0.408 e. The van der Waals surface area contributed by atoms with E-state index in [1.54, 1.807) is 36.4 Å². The van der Waals surface area contributed by atoms with E-state index in [9.17, 15) is 18.3 Å². The number of sulfonamides is 1. The topological polar surface area (TPSA) is 147 Å². The Morgan fingerprint density at radius 2 is 1.98 bits per heavy atom. The molecule has 2 saturated heterocycles. The summed E-state index contributed by atoms with van der Waals surface area (Å²) >= 11 is 0. The van der Waals surface area contributed by atoms with Crippen LogP contribution in [0.3, 0.4) is 0 Å². The first kappa shape index (κ1) is 32.7. The van der Waals surface area contributed by atoms with E-state index in [4.69, 9.17) is 24.2 Å². The number of amides is 1. The highest BCUT2D eigenvalue weighted by Crippen LogP contribution is 2.35. The number of nitrogens with zero attached hydrogens (tertiary/aromatic N) is 2. The van der Waals surface area contributed by atoms with Crippen LogP contribution < -0.4 is 10.1 Å². The fourth-order valence-corrected chi connectivity index (χ4v) is 7.21. The number of fused-ring (bicyclic) bond motifs is 1. The maximum absolute atomic E-state index is 14.4. The molecule has 2 aromatic rings. The highest BCUT2D eigenvalue weighted by molar-refractivity contribution is 7.89. The second-order valence-corrected chi connectivity index (χ2v) is 13.7. The molecule has 0 radical (unpaired) electrons. The SMILES string of the molecule is COc1ccc(S(=O)(=O)N(Cc2ccccc2)C(NC(=O)O[C@@H]2CO[C@@H]3OCC[C@@H]32)[C@@H](C)O)cc1CC(C)(C)CCC#N. The van der Waals surface area contributed by atoms with Gasteiger partial charge in [-0.15, -0.1) is 0 Å². The zero-order valence-corrected chi connectivity index (χ0v) is 25.9. The lowest BCUT2D eigenvalue weighted by molar-refractivity contribution is -0.0907. The Balaban J connectivity index is 1.65. The van der Waals surface area contributed by atoms with Gasteiger partial charge in [-0.3, -0.25) is 0 Å². The van der Waals surface area contributed by atoms with Crippen molar-refractivity contribution in [3.8, 4) is 11.8 Å². The first-order valence-electron chi connectivity index (χ1n) is 14.4. The largest absolute Gasteiger partial charge is 0.496 e. The molecule has 2 N–H and O–H groups in total. The van der Waals surface area contributed by atoms with Gasteiger partial charge in [-0.05, 0) is 60.9 Å². The summed E-state index contributed by atoms with van der Waals surface area (Å²) < 4.78 is 52.0. The monoisotopic (exact) mass is 615 g/mol. The van der Waals surface area contributed by atoms with E-state index in [0.29, 0.717) is 49.2 Å². The molecule has 5 atom stereocenters. The van der Waals surface area contributed by atoms with E-state index in [1.165, 1.54) is 20.1 Å². The first-order valence-corrected chi connectivity index (χ1v) is 15.9. The maximum Gasteiger partial charge on any atom is 0.408 e. The summed E-state index contributed by atoms with van der Waals surface area (Å²) in [5.41, 5.74) is 1.03. The second kappa shape index (κ2) is 14.1. The van der Waals surface area contributed by atoms with Crippen molar-refractivity contribution in [1.82, 2.24) is 9.62 Å². The van der Waals surface area contributed by atoms with Crippen molar-refractivity contribution in [3.63, 3.8) is 0 Å². The fourth-order valence-electron chi connectivity index (χ4n) is 5.56. The molecule has 0 spiro atoms. The van der Waals surface area contributed by atoms with Crippen LogP contribution >= 0.6 is 0 Å². The number of carbonyl (C=O) groups excluding carboxylic acids is 1. The molecule has 12 heteroatoms. The van der Waals surface area contributed by atoms with Crippen molar-refractivity contribution in [3.05, 3.63) is 59.7 Å². The number of aliphatic hydroxyl groups excluding tert-OH is 1. The van der Waals surface area contributed by atoms with Gasteiger partial charge in [0.2, 0.25) is 10.0 Å². The lowest BCUT2D eigenvalue weighted by atomic mass is 9.81. The van der Waals surface area contributed by atoms with Crippen LogP contribution in [0.15, 0.2) is 53.4 Å². The maximum atomic E-state index is 14.4. The molecule has 1 amide bonds. The van der Waals surface area contributed by atoms with Crippen LogP contribution in [-0.2, 0) is 37.2 Å². The van der Waals surface area contributed by atoms with Crippen LogP contribution in [0.2, 0.25) is 0 Å². The average molecular weight is 616 g/mol. The molecular weight excluding hydrogens is 574 g/mol. The molecule has 2 heterocycles.